The topological polar surface area (TPSA) is 26.3 Å². The van der Waals surface area contributed by atoms with Crippen LogP contribution in [0.15, 0.2) is 54.6 Å². The fraction of sp³-hybridized carbons (Fsp3) is 0.552. The normalized spacial score (nSPS) is 28.8. The van der Waals surface area contributed by atoms with Crippen molar-refractivity contribution >= 4 is 5.78 Å². The lowest BCUT2D eigenvalue weighted by atomic mass is 9.46. The van der Waals surface area contributed by atoms with E-state index in [9.17, 15) is 4.79 Å². The fourth-order valence-corrected chi connectivity index (χ4v) is 6.98. The number of ether oxygens (including phenoxy) is 1. The van der Waals surface area contributed by atoms with E-state index < -0.39 is 0 Å². The largest absolute Gasteiger partial charge is 0.370 e. The molecule has 5 atom stereocenters. The van der Waals surface area contributed by atoms with Gasteiger partial charge in [-0.25, -0.2) is 0 Å². The molecule has 4 rings (SSSR count). The van der Waals surface area contributed by atoms with E-state index in [1.54, 1.807) is 18.1 Å². The molecular formula is C29H38O2. The summed E-state index contributed by atoms with van der Waals surface area (Å²) in [6, 6.07) is 19.8. The van der Waals surface area contributed by atoms with Crippen molar-refractivity contribution in [2.24, 2.45) is 17.3 Å². The summed E-state index contributed by atoms with van der Waals surface area (Å²) in [5.74, 6) is 1.23. The zero-order valence-electron chi connectivity index (χ0n) is 19.9. The van der Waals surface area contributed by atoms with Gasteiger partial charge in [0, 0.05) is 6.42 Å². The molecule has 0 aliphatic heterocycles. The van der Waals surface area contributed by atoms with Crippen molar-refractivity contribution in [3.8, 4) is 0 Å². The molecule has 0 aromatic heterocycles. The average Bonchev–Trinajstić information content (AvgIpc) is 2.72. The van der Waals surface area contributed by atoms with Crippen molar-refractivity contribution in [3.63, 3.8) is 0 Å². The van der Waals surface area contributed by atoms with Gasteiger partial charge < -0.3 is 4.74 Å². The molecule has 1 saturated carbocycles. The zero-order valence-corrected chi connectivity index (χ0v) is 19.9. The van der Waals surface area contributed by atoms with Gasteiger partial charge in [-0.05, 0) is 78.9 Å². The third-order valence-electron chi connectivity index (χ3n) is 8.38. The highest BCUT2D eigenvalue weighted by molar-refractivity contribution is 5.75. The van der Waals surface area contributed by atoms with Crippen LogP contribution in [-0.2, 0) is 21.4 Å². The predicted octanol–water partition coefficient (Wildman–Crippen LogP) is 7.07. The smallest absolute Gasteiger partial charge is 0.132 e. The summed E-state index contributed by atoms with van der Waals surface area (Å²) in [7, 11) is 0. The molecule has 0 heterocycles. The lowest BCUT2D eigenvalue weighted by molar-refractivity contribution is -0.131. The Hall–Kier alpha value is -1.93. The van der Waals surface area contributed by atoms with E-state index >= 15 is 0 Å². The number of hydrogen-bond acceptors (Lipinski definition) is 2. The maximum absolute atomic E-state index is 11.7. The van der Waals surface area contributed by atoms with Crippen molar-refractivity contribution in [3.05, 3.63) is 71.3 Å². The van der Waals surface area contributed by atoms with Gasteiger partial charge in [-0.15, -0.1) is 0 Å². The molecule has 2 aliphatic rings. The number of benzene rings is 2. The number of carbonyl (C=O) groups excluding carboxylic acids is 1. The molecule has 2 aliphatic carbocycles. The highest BCUT2D eigenvalue weighted by Gasteiger charge is 2.55. The SMILES string of the molecule is CC(=O)C[C@H](C)O[C@@H](c1ccccc1)[C@H]1CC[C@]2(C)c3ccccc3CC[C@H]2C1(C)C. The quantitative estimate of drug-likeness (QED) is 0.501. The number of ketones is 1. The first-order valence-electron chi connectivity index (χ1n) is 12.0. The number of hydrogen-bond donors (Lipinski definition) is 0. The molecule has 2 aromatic carbocycles. The molecule has 166 valence electrons. The Kier molecular flexibility index (Phi) is 6.14. The molecule has 2 heteroatoms. The second kappa shape index (κ2) is 8.54. The Bertz CT molecular complexity index is 915. The maximum Gasteiger partial charge on any atom is 0.132 e. The molecule has 1 fully saturated rings. The Morgan fingerprint density at radius 1 is 1.03 bits per heavy atom. The van der Waals surface area contributed by atoms with E-state index in [-0.39, 0.29) is 28.8 Å². The Balaban J connectivity index is 1.69. The van der Waals surface area contributed by atoms with Crippen LogP contribution in [-0.4, -0.2) is 11.9 Å². The minimum atomic E-state index is -0.0705. The monoisotopic (exact) mass is 418 g/mol. The molecule has 0 N–H and O–H groups in total. The summed E-state index contributed by atoms with van der Waals surface area (Å²) in [4.78, 5) is 11.7. The lowest BCUT2D eigenvalue weighted by Gasteiger charge is -2.59. The highest BCUT2D eigenvalue weighted by Crippen LogP contribution is 2.61. The van der Waals surface area contributed by atoms with E-state index in [2.05, 4.69) is 75.4 Å². The third-order valence-corrected chi connectivity index (χ3v) is 8.38. The van der Waals surface area contributed by atoms with Gasteiger partial charge in [0.15, 0.2) is 0 Å². The second-order valence-corrected chi connectivity index (χ2v) is 10.8. The van der Waals surface area contributed by atoms with Crippen LogP contribution in [0.1, 0.15) is 83.1 Å². The molecular weight excluding hydrogens is 380 g/mol. The predicted molar refractivity (Wildman–Crippen MR) is 127 cm³/mol. The van der Waals surface area contributed by atoms with Gasteiger partial charge in [0.05, 0.1) is 12.2 Å². The van der Waals surface area contributed by atoms with Crippen molar-refractivity contribution in [2.45, 2.75) is 84.3 Å². The molecule has 0 amide bonds. The van der Waals surface area contributed by atoms with E-state index in [0.717, 1.165) is 6.42 Å². The van der Waals surface area contributed by atoms with Crippen molar-refractivity contribution in [2.75, 3.05) is 0 Å². The van der Waals surface area contributed by atoms with Crippen LogP contribution in [0, 0.1) is 17.3 Å². The van der Waals surface area contributed by atoms with Crippen molar-refractivity contribution in [1.29, 1.82) is 0 Å². The second-order valence-electron chi connectivity index (χ2n) is 10.8. The van der Waals surface area contributed by atoms with Crippen LogP contribution >= 0.6 is 0 Å². The Labute approximate surface area is 188 Å². The first-order valence-corrected chi connectivity index (χ1v) is 12.0. The molecule has 0 spiro atoms. The average molecular weight is 419 g/mol. The van der Waals surface area contributed by atoms with Crippen LogP contribution in [0.2, 0.25) is 0 Å². The first kappa shape index (κ1) is 22.3. The van der Waals surface area contributed by atoms with Gasteiger partial charge in [0.25, 0.3) is 0 Å². The molecule has 31 heavy (non-hydrogen) atoms. The van der Waals surface area contributed by atoms with E-state index in [1.807, 2.05) is 6.92 Å². The van der Waals surface area contributed by atoms with Crippen LogP contribution < -0.4 is 0 Å². The Morgan fingerprint density at radius 2 is 1.71 bits per heavy atom. The number of aryl methyl sites for hydroxylation is 1. The zero-order chi connectivity index (χ0) is 22.2. The van der Waals surface area contributed by atoms with Crippen molar-refractivity contribution in [1.82, 2.24) is 0 Å². The standard InChI is InChI=1S/C29H38O2/c1-20(30)19-21(2)31-27(23-12-7-6-8-13-23)25-17-18-29(5)24-14-10-9-11-22(24)15-16-26(29)28(25,3)4/h6-14,21,25-27H,15-19H2,1-5H3/t21-,25+,26-,27-,29+/m0/s1. The third kappa shape index (κ3) is 4.12. The van der Waals surface area contributed by atoms with Gasteiger partial charge in [-0.2, -0.15) is 0 Å². The van der Waals surface area contributed by atoms with Gasteiger partial charge in [0.1, 0.15) is 5.78 Å². The fourth-order valence-electron chi connectivity index (χ4n) is 6.98. The van der Waals surface area contributed by atoms with Crippen molar-refractivity contribution < 1.29 is 9.53 Å². The summed E-state index contributed by atoms with van der Waals surface area (Å²) in [6.45, 7) is 11.2. The molecule has 0 bridgehead atoms. The Morgan fingerprint density at radius 3 is 2.42 bits per heavy atom. The first-order chi connectivity index (χ1) is 14.7. The van der Waals surface area contributed by atoms with Gasteiger partial charge >= 0.3 is 0 Å². The molecule has 2 nitrogen and oxygen atoms in total. The van der Waals surface area contributed by atoms with Gasteiger partial charge in [-0.3, -0.25) is 4.79 Å². The number of fused-ring (bicyclic) bond motifs is 3. The molecule has 0 unspecified atom stereocenters. The summed E-state index contributed by atoms with van der Waals surface area (Å²) in [5, 5.41) is 0. The van der Waals surface area contributed by atoms with Gasteiger partial charge in [-0.1, -0.05) is 75.4 Å². The molecule has 0 saturated heterocycles. The number of carbonyl (C=O) groups is 1. The lowest BCUT2D eigenvalue weighted by Crippen LogP contribution is -2.53. The summed E-state index contributed by atoms with van der Waals surface area (Å²) >= 11 is 0. The summed E-state index contributed by atoms with van der Waals surface area (Å²) in [5.41, 5.74) is 4.72. The van der Waals surface area contributed by atoms with Crippen LogP contribution in [0.3, 0.4) is 0 Å². The minimum Gasteiger partial charge on any atom is -0.370 e. The van der Waals surface area contributed by atoms with Crippen LogP contribution in [0.25, 0.3) is 0 Å². The van der Waals surface area contributed by atoms with Gasteiger partial charge in [0.2, 0.25) is 0 Å². The number of rotatable bonds is 6. The summed E-state index contributed by atoms with van der Waals surface area (Å²) < 4.78 is 6.68. The minimum absolute atomic E-state index is 0.0206. The highest BCUT2D eigenvalue weighted by atomic mass is 16.5. The van der Waals surface area contributed by atoms with E-state index in [4.69, 9.17) is 4.74 Å². The molecule has 0 radical (unpaired) electrons. The summed E-state index contributed by atoms with van der Waals surface area (Å²) in [6.07, 6.45) is 5.17. The maximum atomic E-state index is 11.7. The van der Waals surface area contributed by atoms with E-state index in [0.29, 0.717) is 18.3 Å². The van der Waals surface area contributed by atoms with Crippen LogP contribution in [0.4, 0.5) is 0 Å². The van der Waals surface area contributed by atoms with Crippen LogP contribution in [0.5, 0.6) is 0 Å². The van der Waals surface area contributed by atoms with E-state index in [1.165, 1.54) is 24.8 Å². The molecule has 2 aromatic rings. The number of Topliss-reactive ketones (excluding diaryl/α,β-unsaturated/α-hetero) is 1.